The normalized spacial score (nSPS) is 14.2. The molecule has 0 spiro atoms. The number of halogens is 2. The van der Waals surface area contributed by atoms with Gasteiger partial charge in [-0.15, -0.1) is 0 Å². The third-order valence-corrected chi connectivity index (χ3v) is 4.59. The first-order chi connectivity index (χ1) is 14.0. The minimum atomic E-state index is -2.88. The van der Waals surface area contributed by atoms with Crippen LogP contribution in [0.15, 0.2) is 54.6 Å². The van der Waals surface area contributed by atoms with Crippen molar-refractivity contribution in [3.63, 3.8) is 0 Å². The molecule has 0 saturated carbocycles. The largest absolute Gasteiger partial charge is 0.435 e. The Morgan fingerprint density at radius 2 is 1.69 bits per heavy atom. The Hall–Kier alpha value is -3.22. The van der Waals surface area contributed by atoms with E-state index in [1.165, 1.54) is 18.2 Å². The Bertz CT molecular complexity index is 876. The smallest absolute Gasteiger partial charge is 0.387 e. The SMILES string of the molecule is O=C(/C=C/c1ccc(OC(F)F)cc1)Nc1ccccc1C(=O)N1CCCCC1. The molecule has 1 fully saturated rings. The van der Waals surface area contributed by atoms with Gasteiger partial charge in [0, 0.05) is 19.2 Å². The number of hydrogen-bond acceptors (Lipinski definition) is 3. The summed E-state index contributed by atoms with van der Waals surface area (Å²) in [6, 6.07) is 12.9. The van der Waals surface area contributed by atoms with Crippen molar-refractivity contribution in [1.82, 2.24) is 4.90 Å². The first kappa shape index (κ1) is 20.5. The molecule has 29 heavy (non-hydrogen) atoms. The number of carbonyl (C=O) groups excluding carboxylic acids is 2. The van der Waals surface area contributed by atoms with Crippen LogP contribution in [0.5, 0.6) is 5.75 Å². The van der Waals surface area contributed by atoms with Crippen LogP contribution >= 0.6 is 0 Å². The third-order valence-electron chi connectivity index (χ3n) is 4.59. The molecule has 3 rings (SSSR count). The second-order valence-corrected chi connectivity index (χ2v) is 6.67. The quantitative estimate of drug-likeness (QED) is 0.723. The van der Waals surface area contributed by atoms with Crippen molar-refractivity contribution in [2.24, 2.45) is 0 Å². The van der Waals surface area contributed by atoms with Gasteiger partial charge in [0.25, 0.3) is 5.91 Å². The van der Waals surface area contributed by atoms with Crippen LogP contribution in [-0.4, -0.2) is 36.4 Å². The van der Waals surface area contributed by atoms with Crippen molar-refractivity contribution >= 4 is 23.6 Å². The molecule has 1 heterocycles. The summed E-state index contributed by atoms with van der Waals surface area (Å²) >= 11 is 0. The Kier molecular flexibility index (Phi) is 6.94. The summed E-state index contributed by atoms with van der Waals surface area (Å²) in [5.74, 6) is -0.428. The maximum absolute atomic E-state index is 12.8. The molecule has 152 valence electrons. The molecule has 0 aliphatic carbocycles. The molecule has 1 aliphatic rings. The summed E-state index contributed by atoms with van der Waals surface area (Å²) in [7, 11) is 0. The molecule has 0 unspecified atom stereocenters. The molecule has 1 N–H and O–H groups in total. The van der Waals surface area contributed by atoms with Gasteiger partial charge in [-0.2, -0.15) is 8.78 Å². The average molecular weight is 400 g/mol. The van der Waals surface area contributed by atoms with E-state index < -0.39 is 12.5 Å². The van der Waals surface area contributed by atoms with Crippen molar-refractivity contribution in [2.45, 2.75) is 25.9 Å². The van der Waals surface area contributed by atoms with E-state index in [2.05, 4.69) is 10.1 Å². The summed E-state index contributed by atoms with van der Waals surface area (Å²) in [4.78, 5) is 26.9. The molecule has 0 aromatic heterocycles. The van der Waals surface area contributed by atoms with Gasteiger partial charge in [0.1, 0.15) is 5.75 Å². The topological polar surface area (TPSA) is 58.6 Å². The fourth-order valence-corrected chi connectivity index (χ4v) is 3.15. The lowest BCUT2D eigenvalue weighted by atomic mass is 10.1. The van der Waals surface area contributed by atoms with E-state index in [0.717, 1.165) is 32.4 Å². The highest BCUT2D eigenvalue weighted by atomic mass is 19.3. The molecule has 0 atom stereocenters. The molecular weight excluding hydrogens is 378 g/mol. The van der Waals surface area contributed by atoms with Crippen LogP contribution in [0.1, 0.15) is 35.2 Å². The molecule has 0 radical (unpaired) electrons. The monoisotopic (exact) mass is 400 g/mol. The molecule has 1 saturated heterocycles. The van der Waals surface area contributed by atoms with Crippen LogP contribution in [0.4, 0.5) is 14.5 Å². The number of likely N-dealkylation sites (tertiary alicyclic amines) is 1. The summed E-state index contributed by atoms with van der Waals surface area (Å²) in [5.41, 5.74) is 1.57. The number of nitrogens with one attached hydrogen (secondary N) is 1. The van der Waals surface area contributed by atoms with Gasteiger partial charge in [-0.1, -0.05) is 24.3 Å². The third kappa shape index (κ3) is 5.88. The zero-order valence-electron chi connectivity index (χ0n) is 15.8. The van der Waals surface area contributed by atoms with E-state index in [-0.39, 0.29) is 11.7 Å². The predicted octanol–water partition coefficient (Wildman–Crippen LogP) is 4.57. The second kappa shape index (κ2) is 9.82. The summed E-state index contributed by atoms with van der Waals surface area (Å²) in [6.07, 6.45) is 5.98. The number of amides is 2. The standard InChI is InChI=1S/C22H22F2N2O3/c23-22(24)29-17-11-8-16(9-12-17)10-13-20(27)25-19-7-3-2-6-18(19)21(28)26-14-4-1-5-15-26/h2-3,6-13,22H,1,4-5,14-15H2,(H,25,27)/b13-10+. The van der Waals surface area contributed by atoms with Gasteiger partial charge in [0.15, 0.2) is 0 Å². The van der Waals surface area contributed by atoms with Crippen molar-refractivity contribution in [1.29, 1.82) is 0 Å². The van der Waals surface area contributed by atoms with Crippen molar-refractivity contribution < 1.29 is 23.1 Å². The van der Waals surface area contributed by atoms with Crippen LogP contribution in [0, 0.1) is 0 Å². The van der Waals surface area contributed by atoms with Gasteiger partial charge in [0.05, 0.1) is 11.3 Å². The molecule has 1 aliphatic heterocycles. The minimum absolute atomic E-state index is 0.0479. The molecule has 5 nitrogen and oxygen atoms in total. The van der Waals surface area contributed by atoms with Crippen LogP contribution in [0.2, 0.25) is 0 Å². The number of nitrogens with zero attached hydrogens (tertiary/aromatic N) is 1. The number of rotatable bonds is 6. The second-order valence-electron chi connectivity index (χ2n) is 6.67. The molecule has 2 amide bonds. The number of carbonyl (C=O) groups is 2. The van der Waals surface area contributed by atoms with E-state index in [1.54, 1.807) is 42.5 Å². The molecular formula is C22H22F2N2O3. The molecule has 7 heteroatoms. The van der Waals surface area contributed by atoms with Gasteiger partial charge in [0.2, 0.25) is 5.91 Å². The van der Waals surface area contributed by atoms with Gasteiger partial charge in [-0.25, -0.2) is 0 Å². The number of benzene rings is 2. The van der Waals surface area contributed by atoms with Crippen molar-refractivity contribution in [3.8, 4) is 5.75 Å². The molecule has 2 aromatic carbocycles. The highest BCUT2D eigenvalue weighted by Gasteiger charge is 2.20. The number of para-hydroxylation sites is 1. The van der Waals surface area contributed by atoms with Gasteiger partial charge < -0.3 is 15.0 Å². The Labute approximate surface area is 168 Å². The van der Waals surface area contributed by atoms with Gasteiger partial charge in [-0.05, 0) is 55.2 Å². The number of alkyl halides is 2. The highest BCUT2D eigenvalue weighted by molar-refractivity contribution is 6.07. The lowest BCUT2D eigenvalue weighted by Crippen LogP contribution is -2.36. The summed E-state index contributed by atoms with van der Waals surface area (Å²) in [6.45, 7) is -1.42. The fourth-order valence-electron chi connectivity index (χ4n) is 3.15. The summed E-state index contributed by atoms with van der Waals surface area (Å²) in [5, 5.41) is 2.74. The number of ether oxygens (including phenoxy) is 1. The van der Waals surface area contributed by atoms with Crippen LogP contribution < -0.4 is 10.1 Å². The predicted molar refractivity (Wildman–Crippen MR) is 107 cm³/mol. The molecule has 0 bridgehead atoms. The zero-order chi connectivity index (χ0) is 20.6. The van der Waals surface area contributed by atoms with Gasteiger partial charge >= 0.3 is 6.61 Å². The van der Waals surface area contributed by atoms with Crippen LogP contribution in [0.25, 0.3) is 6.08 Å². The Morgan fingerprint density at radius 1 is 1.00 bits per heavy atom. The first-order valence-electron chi connectivity index (χ1n) is 9.45. The van der Waals surface area contributed by atoms with Gasteiger partial charge in [-0.3, -0.25) is 9.59 Å². The Balaban J connectivity index is 1.64. The van der Waals surface area contributed by atoms with E-state index in [4.69, 9.17) is 0 Å². The van der Waals surface area contributed by atoms with Crippen LogP contribution in [-0.2, 0) is 4.79 Å². The molecule has 2 aromatic rings. The van der Waals surface area contributed by atoms with E-state index >= 15 is 0 Å². The zero-order valence-corrected chi connectivity index (χ0v) is 15.8. The van der Waals surface area contributed by atoms with E-state index in [1.807, 2.05) is 4.90 Å². The first-order valence-corrected chi connectivity index (χ1v) is 9.45. The fraction of sp³-hybridized carbons (Fsp3) is 0.273. The van der Waals surface area contributed by atoms with Crippen LogP contribution in [0.3, 0.4) is 0 Å². The maximum atomic E-state index is 12.8. The Morgan fingerprint density at radius 3 is 2.38 bits per heavy atom. The van der Waals surface area contributed by atoms with E-state index in [9.17, 15) is 18.4 Å². The lowest BCUT2D eigenvalue weighted by Gasteiger charge is -2.27. The van der Waals surface area contributed by atoms with Crippen molar-refractivity contribution in [3.05, 3.63) is 65.7 Å². The average Bonchev–Trinajstić information content (AvgIpc) is 2.73. The number of piperidine rings is 1. The minimum Gasteiger partial charge on any atom is -0.435 e. The summed E-state index contributed by atoms with van der Waals surface area (Å²) < 4.78 is 28.6. The number of hydrogen-bond donors (Lipinski definition) is 1. The highest BCUT2D eigenvalue weighted by Crippen LogP contribution is 2.20. The maximum Gasteiger partial charge on any atom is 0.387 e. The number of anilines is 1. The van der Waals surface area contributed by atoms with Crippen molar-refractivity contribution in [2.75, 3.05) is 18.4 Å². The van der Waals surface area contributed by atoms with E-state index in [0.29, 0.717) is 16.8 Å². The lowest BCUT2D eigenvalue weighted by molar-refractivity contribution is -0.111.